The molecule has 5 heteroatoms. The molecule has 0 aliphatic carbocycles. The molecule has 0 spiro atoms. The highest BCUT2D eigenvalue weighted by atomic mass is 32.2. The molecule has 2 heterocycles. The Balaban J connectivity index is 1.49. The molecule has 0 saturated carbocycles. The molecule has 1 aliphatic heterocycles. The summed E-state index contributed by atoms with van der Waals surface area (Å²) in [5.74, 6) is 0.912. The van der Waals surface area contributed by atoms with E-state index in [0.29, 0.717) is 12.1 Å². The van der Waals surface area contributed by atoms with Crippen LogP contribution in [0.1, 0.15) is 31.9 Å². The zero-order valence-corrected chi connectivity index (χ0v) is 16.2. The fourth-order valence-corrected chi connectivity index (χ4v) is 4.18. The van der Waals surface area contributed by atoms with Crippen molar-refractivity contribution in [1.82, 2.24) is 19.8 Å². The monoisotopic (exact) mass is 356 g/mol. The Labute approximate surface area is 155 Å². The van der Waals surface area contributed by atoms with Crippen molar-refractivity contribution in [3.8, 4) is 0 Å². The van der Waals surface area contributed by atoms with Gasteiger partial charge in [-0.1, -0.05) is 42.1 Å². The molecule has 1 fully saturated rings. The molecule has 1 saturated heterocycles. The van der Waals surface area contributed by atoms with Crippen molar-refractivity contribution in [2.24, 2.45) is 0 Å². The Bertz CT molecular complexity index is 645. The minimum Gasteiger partial charge on any atom is -0.296 e. The molecule has 1 aliphatic rings. The first-order valence-electron chi connectivity index (χ1n) is 9.07. The van der Waals surface area contributed by atoms with E-state index in [1.807, 2.05) is 18.5 Å². The Morgan fingerprint density at radius 1 is 1.08 bits per heavy atom. The lowest BCUT2D eigenvalue weighted by molar-refractivity contribution is 0.0563. The molecule has 1 atom stereocenters. The van der Waals surface area contributed by atoms with Gasteiger partial charge in [-0.2, -0.15) is 0 Å². The predicted octanol–water partition coefficient (Wildman–Crippen LogP) is 3.68. The molecule has 3 rings (SSSR count). The summed E-state index contributed by atoms with van der Waals surface area (Å²) in [6.45, 7) is 11.2. The van der Waals surface area contributed by atoms with E-state index >= 15 is 0 Å². The van der Waals surface area contributed by atoms with E-state index in [-0.39, 0.29) is 0 Å². The number of thioether (sulfide) groups is 1. The molecule has 134 valence electrons. The average molecular weight is 357 g/mol. The Morgan fingerprint density at radius 3 is 2.44 bits per heavy atom. The van der Waals surface area contributed by atoms with Crippen LogP contribution in [0.2, 0.25) is 0 Å². The SMILES string of the molecule is CC(C)N1CCN(Cc2cnc(SCc3ccccc3)nc2)C[C@@H]1C. The van der Waals surface area contributed by atoms with E-state index in [9.17, 15) is 0 Å². The van der Waals surface area contributed by atoms with E-state index in [0.717, 1.165) is 37.1 Å². The first kappa shape index (κ1) is 18.4. The highest BCUT2D eigenvalue weighted by molar-refractivity contribution is 7.98. The van der Waals surface area contributed by atoms with Gasteiger partial charge in [-0.3, -0.25) is 9.80 Å². The summed E-state index contributed by atoms with van der Waals surface area (Å²) in [7, 11) is 0. The minimum atomic E-state index is 0.607. The van der Waals surface area contributed by atoms with Crippen LogP contribution in [0.3, 0.4) is 0 Å². The third-order valence-electron chi connectivity index (χ3n) is 4.72. The topological polar surface area (TPSA) is 32.3 Å². The average Bonchev–Trinajstić information content (AvgIpc) is 2.62. The number of piperazine rings is 1. The van der Waals surface area contributed by atoms with Crippen LogP contribution in [0, 0.1) is 0 Å². The molecule has 0 unspecified atom stereocenters. The lowest BCUT2D eigenvalue weighted by atomic mass is 10.1. The molecule has 0 bridgehead atoms. The van der Waals surface area contributed by atoms with Gasteiger partial charge in [-0.25, -0.2) is 9.97 Å². The second kappa shape index (κ2) is 8.79. The lowest BCUT2D eigenvalue weighted by Crippen LogP contribution is -2.53. The predicted molar refractivity (Wildman–Crippen MR) is 105 cm³/mol. The molecular formula is C20H28N4S. The van der Waals surface area contributed by atoms with Crippen molar-refractivity contribution in [2.45, 2.75) is 50.3 Å². The zero-order chi connectivity index (χ0) is 17.6. The summed E-state index contributed by atoms with van der Waals surface area (Å²) in [4.78, 5) is 14.2. The molecule has 1 aromatic carbocycles. The zero-order valence-electron chi connectivity index (χ0n) is 15.4. The first-order chi connectivity index (χ1) is 12.1. The fourth-order valence-electron chi connectivity index (χ4n) is 3.44. The number of aromatic nitrogens is 2. The van der Waals surface area contributed by atoms with Gasteiger partial charge in [-0.15, -0.1) is 0 Å². The van der Waals surface area contributed by atoms with Crippen LogP contribution in [-0.2, 0) is 12.3 Å². The molecule has 0 N–H and O–H groups in total. The van der Waals surface area contributed by atoms with E-state index in [4.69, 9.17) is 0 Å². The van der Waals surface area contributed by atoms with E-state index in [2.05, 4.69) is 64.8 Å². The lowest BCUT2D eigenvalue weighted by Gasteiger charge is -2.42. The summed E-state index contributed by atoms with van der Waals surface area (Å²) in [5, 5.41) is 0.852. The summed E-state index contributed by atoms with van der Waals surface area (Å²) in [6, 6.07) is 11.7. The maximum atomic E-state index is 4.54. The van der Waals surface area contributed by atoms with Crippen LogP contribution in [-0.4, -0.2) is 51.5 Å². The molecule has 0 radical (unpaired) electrons. The number of rotatable bonds is 6. The van der Waals surface area contributed by atoms with Crippen molar-refractivity contribution in [1.29, 1.82) is 0 Å². The maximum absolute atomic E-state index is 4.54. The number of benzene rings is 1. The van der Waals surface area contributed by atoms with Crippen molar-refractivity contribution in [2.75, 3.05) is 19.6 Å². The van der Waals surface area contributed by atoms with Gasteiger partial charge in [0.25, 0.3) is 0 Å². The van der Waals surface area contributed by atoms with E-state index < -0.39 is 0 Å². The van der Waals surface area contributed by atoms with Gasteiger partial charge >= 0.3 is 0 Å². The third-order valence-corrected chi connectivity index (χ3v) is 5.67. The third kappa shape index (κ3) is 5.27. The molecule has 4 nitrogen and oxygen atoms in total. The van der Waals surface area contributed by atoms with Crippen molar-refractivity contribution in [3.05, 3.63) is 53.9 Å². The van der Waals surface area contributed by atoms with Crippen molar-refractivity contribution in [3.63, 3.8) is 0 Å². The van der Waals surface area contributed by atoms with Crippen LogP contribution in [0.25, 0.3) is 0 Å². The fraction of sp³-hybridized carbons (Fsp3) is 0.500. The highest BCUT2D eigenvalue weighted by Crippen LogP contribution is 2.19. The smallest absolute Gasteiger partial charge is 0.187 e. The maximum Gasteiger partial charge on any atom is 0.187 e. The summed E-state index contributed by atoms with van der Waals surface area (Å²) in [5.41, 5.74) is 2.51. The summed E-state index contributed by atoms with van der Waals surface area (Å²) >= 11 is 1.69. The van der Waals surface area contributed by atoms with Gasteiger partial charge in [0.1, 0.15) is 0 Å². The van der Waals surface area contributed by atoms with Crippen LogP contribution in [0.4, 0.5) is 0 Å². The second-order valence-corrected chi connectivity index (χ2v) is 8.01. The molecule has 25 heavy (non-hydrogen) atoms. The van der Waals surface area contributed by atoms with Gasteiger partial charge in [0.2, 0.25) is 0 Å². The number of hydrogen-bond acceptors (Lipinski definition) is 5. The summed E-state index contributed by atoms with van der Waals surface area (Å²) < 4.78 is 0. The molecule has 0 amide bonds. The first-order valence-corrected chi connectivity index (χ1v) is 10.1. The second-order valence-electron chi connectivity index (χ2n) is 7.06. The largest absolute Gasteiger partial charge is 0.296 e. The standard InChI is InChI=1S/C20H28N4S/c1-16(2)24-10-9-23(13-17(24)3)14-19-11-21-20(22-12-19)25-15-18-7-5-4-6-8-18/h4-8,11-12,16-17H,9-10,13-15H2,1-3H3/t17-/m0/s1. The van der Waals surface area contributed by atoms with Crippen molar-refractivity contribution >= 4 is 11.8 Å². The molecule has 2 aromatic rings. The highest BCUT2D eigenvalue weighted by Gasteiger charge is 2.25. The Morgan fingerprint density at radius 2 is 1.80 bits per heavy atom. The van der Waals surface area contributed by atoms with Crippen LogP contribution < -0.4 is 0 Å². The van der Waals surface area contributed by atoms with Crippen LogP contribution >= 0.6 is 11.8 Å². The number of hydrogen-bond donors (Lipinski definition) is 0. The summed E-state index contributed by atoms with van der Waals surface area (Å²) in [6.07, 6.45) is 3.97. The molecular weight excluding hydrogens is 328 g/mol. The van der Waals surface area contributed by atoms with Crippen molar-refractivity contribution < 1.29 is 0 Å². The molecule has 1 aromatic heterocycles. The van der Waals surface area contributed by atoms with E-state index in [1.54, 1.807) is 11.8 Å². The van der Waals surface area contributed by atoms with Gasteiger partial charge in [-0.05, 0) is 26.3 Å². The minimum absolute atomic E-state index is 0.607. The van der Waals surface area contributed by atoms with Crippen LogP contribution in [0.5, 0.6) is 0 Å². The Kier molecular flexibility index (Phi) is 6.45. The van der Waals surface area contributed by atoms with Crippen LogP contribution in [0.15, 0.2) is 47.9 Å². The van der Waals surface area contributed by atoms with Gasteiger partial charge in [0, 0.05) is 62.0 Å². The Hall–Kier alpha value is -1.43. The normalized spacial score (nSPS) is 19.4. The number of nitrogens with zero attached hydrogens (tertiary/aromatic N) is 4. The quantitative estimate of drug-likeness (QED) is 0.582. The van der Waals surface area contributed by atoms with Gasteiger partial charge in [0.15, 0.2) is 5.16 Å². The van der Waals surface area contributed by atoms with E-state index in [1.165, 1.54) is 11.1 Å². The van der Waals surface area contributed by atoms with Gasteiger partial charge < -0.3 is 0 Å². The van der Waals surface area contributed by atoms with Gasteiger partial charge in [0.05, 0.1) is 0 Å².